The van der Waals surface area contributed by atoms with Crippen LogP contribution in [0.1, 0.15) is 12.0 Å². The summed E-state index contributed by atoms with van der Waals surface area (Å²) < 4.78 is 26.6. The number of H-pyrrole nitrogens is 1. The number of aromatic nitrogens is 2. The molecule has 7 heteroatoms. The predicted molar refractivity (Wildman–Crippen MR) is 85.7 cm³/mol. The molecule has 0 aliphatic heterocycles. The van der Waals surface area contributed by atoms with Crippen LogP contribution in [0.15, 0.2) is 47.5 Å². The molecule has 1 heterocycles. The number of fused-ring (bicyclic) bond motifs is 1. The fourth-order valence-corrected chi connectivity index (χ4v) is 2.35. The van der Waals surface area contributed by atoms with E-state index in [1.54, 1.807) is 12.1 Å². The summed E-state index contributed by atoms with van der Waals surface area (Å²) in [7, 11) is 0. The molecular formula is C17H13F2N3O2. The first-order chi connectivity index (χ1) is 11.5. The summed E-state index contributed by atoms with van der Waals surface area (Å²) in [5.41, 5.74) is 0.784. The van der Waals surface area contributed by atoms with Gasteiger partial charge in [0.05, 0.1) is 17.2 Å². The molecule has 3 aromatic rings. The van der Waals surface area contributed by atoms with Crippen LogP contribution in [0.3, 0.4) is 0 Å². The Bertz CT molecular complexity index is 969. The minimum absolute atomic E-state index is 0.0121. The Hall–Kier alpha value is -3.09. The van der Waals surface area contributed by atoms with Crippen LogP contribution in [0.5, 0.6) is 0 Å². The van der Waals surface area contributed by atoms with E-state index >= 15 is 0 Å². The largest absolute Gasteiger partial charge is 0.326 e. The lowest BCUT2D eigenvalue weighted by Crippen LogP contribution is -2.13. The van der Waals surface area contributed by atoms with Crippen molar-refractivity contribution < 1.29 is 13.6 Å². The van der Waals surface area contributed by atoms with E-state index in [9.17, 15) is 18.4 Å². The molecule has 1 aromatic heterocycles. The quantitative estimate of drug-likeness (QED) is 0.773. The highest BCUT2D eigenvalue weighted by Gasteiger charge is 2.09. The van der Waals surface area contributed by atoms with Gasteiger partial charge in [-0.15, -0.1) is 0 Å². The topological polar surface area (TPSA) is 74.8 Å². The van der Waals surface area contributed by atoms with Crippen LogP contribution in [-0.4, -0.2) is 15.9 Å². The number of halogens is 2. The number of amides is 1. The second kappa shape index (κ2) is 6.57. The van der Waals surface area contributed by atoms with E-state index in [1.165, 1.54) is 12.4 Å². The second-order valence-electron chi connectivity index (χ2n) is 5.25. The summed E-state index contributed by atoms with van der Waals surface area (Å²) in [6.07, 6.45) is 1.36. The average Bonchev–Trinajstić information content (AvgIpc) is 2.56. The predicted octanol–water partition coefficient (Wildman–Crippen LogP) is 2.77. The monoisotopic (exact) mass is 329 g/mol. The van der Waals surface area contributed by atoms with Crippen molar-refractivity contribution >= 4 is 22.5 Å². The number of hydrogen-bond donors (Lipinski definition) is 2. The maximum absolute atomic E-state index is 13.5. The Morgan fingerprint density at radius 1 is 1.17 bits per heavy atom. The zero-order chi connectivity index (χ0) is 17.1. The highest BCUT2D eigenvalue weighted by Crippen LogP contribution is 2.15. The number of hydrogen-bond acceptors (Lipinski definition) is 3. The molecule has 0 spiro atoms. The van der Waals surface area contributed by atoms with Gasteiger partial charge in [0, 0.05) is 12.1 Å². The first-order valence-electron chi connectivity index (χ1n) is 7.24. The van der Waals surface area contributed by atoms with Crippen LogP contribution in [0.2, 0.25) is 0 Å². The Balaban J connectivity index is 1.70. The Labute approximate surface area is 135 Å². The van der Waals surface area contributed by atoms with E-state index in [-0.39, 0.29) is 29.9 Å². The second-order valence-corrected chi connectivity index (χ2v) is 5.25. The summed E-state index contributed by atoms with van der Waals surface area (Å²) in [4.78, 5) is 30.2. The Morgan fingerprint density at radius 3 is 2.83 bits per heavy atom. The molecule has 0 fully saturated rings. The smallest absolute Gasteiger partial charge is 0.258 e. The minimum Gasteiger partial charge on any atom is -0.326 e. The molecule has 5 nitrogen and oxygen atoms in total. The van der Waals surface area contributed by atoms with E-state index < -0.39 is 11.6 Å². The van der Waals surface area contributed by atoms with Gasteiger partial charge in [-0.3, -0.25) is 9.59 Å². The number of carbonyl (C=O) groups excluding carboxylic acids is 1. The maximum Gasteiger partial charge on any atom is 0.258 e. The van der Waals surface area contributed by atoms with Crippen molar-refractivity contribution in [3.05, 3.63) is 70.3 Å². The highest BCUT2D eigenvalue weighted by molar-refractivity contribution is 5.93. The number of aryl methyl sites for hydroxylation is 1. The number of nitrogens with zero attached hydrogens (tertiary/aromatic N) is 1. The van der Waals surface area contributed by atoms with Gasteiger partial charge < -0.3 is 10.3 Å². The molecule has 2 N–H and O–H groups in total. The van der Waals surface area contributed by atoms with Gasteiger partial charge in [0.25, 0.3) is 5.56 Å². The van der Waals surface area contributed by atoms with E-state index in [0.717, 1.165) is 18.2 Å². The van der Waals surface area contributed by atoms with E-state index in [4.69, 9.17) is 0 Å². The van der Waals surface area contributed by atoms with Crippen molar-refractivity contribution in [2.45, 2.75) is 12.8 Å². The molecule has 2 aromatic carbocycles. The molecule has 0 saturated carbocycles. The Kier molecular flexibility index (Phi) is 4.33. The number of aromatic amines is 1. The number of benzene rings is 2. The highest BCUT2D eigenvalue weighted by atomic mass is 19.1. The van der Waals surface area contributed by atoms with Gasteiger partial charge in [-0.1, -0.05) is 0 Å². The third-order valence-corrected chi connectivity index (χ3v) is 3.55. The standard InChI is InChI=1S/C17H13F2N3O2/c18-11-2-4-14(19)10(7-11)1-6-16(23)22-12-3-5-15-13(8-12)17(24)21-9-20-15/h2-5,7-9H,1,6H2,(H,22,23)(H,20,21,24). The summed E-state index contributed by atoms with van der Waals surface area (Å²) >= 11 is 0. The SMILES string of the molecule is O=C(CCc1cc(F)ccc1F)Nc1ccc2nc[nH]c(=O)c2c1. The molecule has 0 saturated heterocycles. The lowest BCUT2D eigenvalue weighted by atomic mass is 10.1. The lowest BCUT2D eigenvalue weighted by Gasteiger charge is -2.07. The first-order valence-corrected chi connectivity index (χ1v) is 7.24. The van der Waals surface area contributed by atoms with Crippen molar-refractivity contribution in [2.24, 2.45) is 0 Å². The molecule has 122 valence electrons. The van der Waals surface area contributed by atoms with Crippen LogP contribution in [-0.2, 0) is 11.2 Å². The molecule has 0 radical (unpaired) electrons. The Morgan fingerprint density at radius 2 is 2.00 bits per heavy atom. The van der Waals surface area contributed by atoms with Gasteiger partial charge >= 0.3 is 0 Å². The molecule has 0 aliphatic carbocycles. The van der Waals surface area contributed by atoms with Crippen LogP contribution < -0.4 is 10.9 Å². The van der Waals surface area contributed by atoms with Gasteiger partial charge in [-0.05, 0) is 48.4 Å². The van der Waals surface area contributed by atoms with Crippen LogP contribution in [0, 0.1) is 11.6 Å². The summed E-state index contributed by atoms with van der Waals surface area (Å²) in [6, 6.07) is 7.89. The number of rotatable bonds is 4. The zero-order valence-corrected chi connectivity index (χ0v) is 12.5. The van der Waals surface area contributed by atoms with Gasteiger partial charge in [-0.25, -0.2) is 13.8 Å². The average molecular weight is 329 g/mol. The first kappa shape index (κ1) is 15.8. The maximum atomic E-state index is 13.5. The lowest BCUT2D eigenvalue weighted by molar-refractivity contribution is -0.116. The fourth-order valence-electron chi connectivity index (χ4n) is 2.35. The van der Waals surface area contributed by atoms with Crippen molar-refractivity contribution in [1.29, 1.82) is 0 Å². The zero-order valence-electron chi connectivity index (χ0n) is 12.5. The summed E-state index contributed by atoms with van der Waals surface area (Å²) in [6.45, 7) is 0. The third kappa shape index (κ3) is 3.45. The minimum atomic E-state index is -0.549. The third-order valence-electron chi connectivity index (χ3n) is 3.55. The molecule has 0 unspecified atom stereocenters. The van der Waals surface area contributed by atoms with Crippen molar-refractivity contribution in [1.82, 2.24) is 9.97 Å². The van der Waals surface area contributed by atoms with E-state index in [0.29, 0.717) is 16.6 Å². The van der Waals surface area contributed by atoms with Gasteiger partial charge in [0.15, 0.2) is 0 Å². The van der Waals surface area contributed by atoms with Gasteiger partial charge in [0.2, 0.25) is 5.91 Å². The summed E-state index contributed by atoms with van der Waals surface area (Å²) in [5.74, 6) is -1.46. The van der Waals surface area contributed by atoms with Gasteiger partial charge in [0.1, 0.15) is 11.6 Å². The van der Waals surface area contributed by atoms with Crippen molar-refractivity contribution in [3.8, 4) is 0 Å². The molecule has 3 rings (SSSR count). The molecule has 24 heavy (non-hydrogen) atoms. The van der Waals surface area contributed by atoms with E-state index in [1.807, 2.05) is 0 Å². The molecular weight excluding hydrogens is 316 g/mol. The normalized spacial score (nSPS) is 10.8. The van der Waals surface area contributed by atoms with Crippen LogP contribution in [0.4, 0.5) is 14.5 Å². The van der Waals surface area contributed by atoms with Crippen molar-refractivity contribution in [2.75, 3.05) is 5.32 Å². The molecule has 1 amide bonds. The van der Waals surface area contributed by atoms with Gasteiger partial charge in [-0.2, -0.15) is 0 Å². The van der Waals surface area contributed by atoms with Crippen molar-refractivity contribution in [3.63, 3.8) is 0 Å². The molecule has 0 atom stereocenters. The van der Waals surface area contributed by atoms with Crippen LogP contribution in [0.25, 0.3) is 10.9 Å². The van der Waals surface area contributed by atoms with E-state index in [2.05, 4.69) is 15.3 Å². The number of nitrogens with one attached hydrogen (secondary N) is 2. The molecule has 0 bridgehead atoms. The number of carbonyl (C=O) groups is 1. The molecule has 0 aliphatic rings. The fraction of sp³-hybridized carbons (Fsp3) is 0.118. The van der Waals surface area contributed by atoms with Crippen LogP contribution >= 0.6 is 0 Å². The number of anilines is 1. The summed E-state index contributed by atoms with van der Waals surface area (Å²) in [5, 5.41) is 2.98.